The van der Waals surface area contributed by atoms with Gasteiger partial charge in [0.25, 0.3) is 11.8 Å². The van der Waals surface area contributed by atoms with Crippen LogP contribution in [0.4, 0.5) is 8.78 Å². The number of amides is 1. The van der Waals surface area contributed by atoms with Gasteiger partial charge < -0.3 is 4.90 Å². The summed E-state index contributed by atoms with van der Waals surface area (Å²) < 4.78 is 27.6. The zero-order chi connectivity index (χ0) is 20.6. The van der Waals surface area contributed by atoms with Crippen LogP contribution in [0.1, 0.15) is 59.1 Å². The summed E-state index contributed by atoms with van der Waals surface area (Å²) in [5.74, 6) is -3.00. The summed E-state index contributed by atoms with van der Waals surface area (Å²) in [4.78, 5) is 22.9. The summed E-state index contributed by atoms with van der Waals surface area (Å²) in [7, 11) is 0. The molecule has 0 saturated carbocycles. The molecule has 0 radical (unpaired) electrons. The Balaban J connectivity index is 1.76. The molecule has 0 aliphatic carbocycles. The number of nitrogens with zero attached hydrogens (tertiary/aromatic N) is 3. The van der Waals surface area contributed by atoms with E-state index in [1.54, 1.807) is 17.2 Å². The molecule has 2 aromatic rings. The molecule has 1 atom stereocenters. The lowest BCUT2D eigenvalue weighted by molar-refractivity contribution is 0.0329. The van der Waals surface area contributed by atoms with E-state index in [0.717, 1.165) is 16.7 Å². The maximum atomic E-state index is 13.8. The number of aryl methyl sites for hydroxylation is 2. The third-order valence-corrected chi connectivity index (χ3v) is 5.61. The highest BCUT2D eigenvalue weighted by atomic mass is 35.5. The van der Waals surface area contributed by atoms with Crippen molar-refractivity contribution in [2.24, 2.45) is 0 Å². The van der Waals surface area contributed by atoms with Crippen LogP contribution in [0.5, 0.6) is 0 Å². The Kier molecular flexibility index (Phi) is 5.53. The lowest BCUT2D eigenvalue weighted by Crippen LogP contribution is -2.27. The summed E-state index contributed by atoms with van der Waals surface area (Å²) in [5.41, 5.74) is 3.44. The predicted molar refractivity (Wildman–Crippen MR) is 105 cm³/mol. The van der Waals surface area contributed by atoms with Crippen molar-refractivity contribution in [3.8, 4) is 0 Å². The molecule has 0 N–H and O–H groups in total. The fraction of sp³-hybridized carbons (Fsp3) is 0.381. The van der Waals surface area contributed by atoms with Crippen LogP contribution in [0.3, 0.4) is 0 Å². The SMILES string of the molecule is C=C(C)C(F)(F)CCc1ncc(C(C)N2Cc3c(ccnc3Cl)C2=O)cc1C. The van der Waals surface area contributed by atoms with Crippen molar-refractivity contribution in [3.63, 3.8) is 0 Å². The van der Waals surface area contributed by atoms with Crippen molar-refractivity contribution >= 4 is 17.5 Å². The summed E-state index contributed by atoms with van der Waals surface area (Å²) in [5, 5.41) is 0.337. The predicted octanol–water partition coefficient (Wildman–Crippen LogP) is 5.30. The molecule has 2 aromatic heterocycles. The maximum absolute atomic E-state index is 13.8. The Morgan fingerprint density at radius 3 is 2.75 bits per heavy atom. The Bertz CT molecular complexity index is 945. The van der Waals surface area contributed by atoms with E-state index in [4.69, 9.17) is 11.6 Å². The van der Waals surface area contributed by atoms with Crippen molar-refractivity contribution in [2.45, 2.75) is 52.1 Å². The number of halogens is 3. The normalized spacial score (nSPS) is 14.9. The highest BCUT2D eigenvalue weighted by Gasteiger charge is 2.34. The van der Waals surface area contributed by atoms with E-state index in [1.165, 1.54) is 13.1 Å². The molecule has 7 heteroatoms. The number of carbonyl (C=O) groups excluding carboxylic acids is 1. The zero-order valence-electron chi connectivity index (χ0n) is 16.1. The van der Waals surface area contributed by atoms with Crippen LogP contribution in [-0.2, 0) is 13.0 Å². The minimum Gasteiger partial charge on any atom is -0.327 e. The van der Waals surface area contributed by atoms with Gasteiger partial charge in [-0.2, -0.15) is 0 Å². The van der Waals surface area contributed by atoms with Crippen molar-refractivity contribution in [1.29, 1.82) is 0 Å². The molecule has 1 aliphatic rings. The molecule has 1 unspecified atom stereocenters. The molecule has 0 saturated heterocycles. The molecule has 0 aromatic carbocycles. The van der Waals surface area contributed by atoms with Gasteiger partial charge in [0, 0.05) is 35.6 Å². The highest BCUT2D eigenvalue weighted by Crippen LogP contribution is 2.34. The van der Waals surface area contributed by atoms with Crippen molar-refractivity contribution in [3.05, 3.63) is 69.8 Å². The Morgan fingerprint density at radius 2 is 2.14 bits per heavy atom. The quantitative estimate of drug-likeness (QED) is 0.484. The number of rotatable bonds is 6. The smallest absolute Gasteiger partial charge is 0.269 e. The van der Waals surface area contributed by atoms with Gasteiger partial charge in [-0.3, -0.25) is 9.78 Å². The first kappa shape index (κ1) is 20.4. The number of allylic oxidation sites excluding steroid dienone is 1. The summed E-state index contributed by atoms with van der Waals surface area (Å²) in [6.07, 6.45) is 3.02. The Hall–Kier alpha value is -2.34. The van der Waals surface area contributed by atoms with Crippen LogP contribution >= 0.6 is 11.6 Å². The Morgan fingerprint density at radius 1 is 1.43 bits per heavy atom. The van der Waals surface area contributed by atoms with Crippen LogP contribution < -0.4 is 0 Å². The minimum atomic E-state index is -2.90. The van der Waals surface area contributed by atoms with Gasteiger partial charge >= 0.3 is 0 Å². The van der Waals surface area contributed by atoms with Crippen molar-refractivity contribution < 1.29 is 13.6 Å². The number of pyridine rings is 2. The van der Waals surface area contributed by atoms with Gasteiger partial charge in [0.15, 0.2) is 0 Å². The third kappa shape index (κ3) is 3.78. The second-order valence-electron chi connectivity index (χ2n) is 7.25. The molecule has 0 spiro atoms. The zero-order valence-corrected chi connectivity index (χ0v) is 16.9. The lowest BCUT2D eigenvalue weighted by atomic mass is 10.0. The molecule has 1 aliphatic heterocycles. The van der Waals surface area contributed by atoms with Gasteiger partial charge in [-0.15, -0.1) is 0 Å². The molecule has 148 valence electrons. The van der Waals surface area contributed by atoms with Crippen LogP contribution in [0.15, 0.2) is 36.7 Å². The summed E-state index contributed by atoms with van der Waals surface area (Å²) in [6.45, 7) is 8.82. The topological polar surface area (TPSA) is 46.1 Å². The van der Waals surface area contributed by atoms with E-state index in [0.29, 0.717) is 23.0 Å². The number of aromatic nitrogens is 2. The molecular weight excluding hydrogens is 384 g/mol. The number of hydrogen-bond acceptors (Lipinski definition) is 3. The molecule has 0 fully saturated rings. The van der Waals surface area contributed by atoms with E-state index < -0.39 is 5.92 Å². The molecule has 0 bridgehead atoms. The maximum Gasteiger partial charge on any atom is 0.269 e. The highest BCUT2D eigenvalue weighted by molar-refractivity contribution is 6.30. The van der Waals surface area contributed by atoms with Gasteiger partial charge in [0.1, 0.15) is 5.15 Å². The molecular formula is C21H22ClF2N3O. The average molecular weight is 406 g/mol. The fourth-order valence-corrected chi connectivity index (χ4v) is 3.53. The number of alkyl halides is 2. The van der Waals surface area contributed by atoms with E-state index in [2.05, 4.69) is 16.5 Å². The molecule has 4 nitrogen and oxygen atoms in total. The molecule has 3 heterocycles. The fourth-order valence-electron chi connectivity index (χ4n) is 3.31. The summed E-state index contributed by atoms with van der Waals surface area (Å²) in [6, 6.07) is 3.35. The van der Waals surface area contributed by atoms with Gasteiger partial charge in [0.2, 0.25) is 0 Å². The van der Waals surface area contributed by atoms with Gasteiger partial charge in [0.05, 0.1) is 12.6 Å². The van der Waals surface area contributed by atoms with Crippen LogP contribution in [-0.4, -0.2) is 26.7 Å². The second-order valence-corrected chi connectivity index (χ2v) is 7.61. The van der Waals surface area contributed by atoms with Gasteiger partial charge in [-0.25, -0.2) is 13.8 Å². The van der Waals surface area contributed by atoms with E-state index in [1.807, 2.05) is 19.9 Å². The first-order valence-corrected chi connectivity index (χ1v) is 9.43. The van der Waals surface area contributed by atoms with Crippen LogP contribution in [0.2, 0.25) is 5.15 Å². The van der Waals surface area contributed by atoms with Crippen LogP contribution in [0.25, 0.3) is 0 Å². The van der Waals surface area contributed by atoms with E-state index >= 15 is 0 Å². The number of fused-ring (bicyclic) bond motifs is 1. The molecule has 3 rings (SSSR count). The molecule has 1 amide bonds. The van der Waals surface area contributed by atoms with Gasteiger partial charge in [-0.05, 0) is 50.0 Å². The average Bonchev–Trinajstić information content (AvgIpc) is 2.98. The molecule has 28 heavy (non-hydrogen) atoms. The second kappa shape index (κ2) is 7.59. The van der Waals surface area contributed by atoms with Crippen molar-refractivity contribution in [1.82, 2.24) is 14.9 Å². The number of hydrogen-bond donors (Lipinski definition) is 0. The van der Waals surface area contributed by atoms with Gasteiger partial charge in [-0.1, -0.05) is 24.2 Å². The van der Waals surface area contributed by atoms with E-state index in [9.17, 15) is 13.6 Å². The lowest BCUT2D eigenvalue weighted by Gasteiger charge is -2.25. The monoisotopic (exact) mass is 405 g/mol. The first-order chi connectivity index (χ1) is 13.1. The third-order valence-electron chi connectivity index (χ3n) is 5.28. The Labute approximate surface area is 168 Å². The standard InChI is InChI=1S/C21H22ClF2N3O/c1-12(2)21(23,24)7-5-18-13(3)9-15(10-26-18)14(4)27-11-17-16(20(27)28)6-8-25-19(17)22/h6,8-10,14H,1,5,7,11H2,2-4H3. The number of carbonyl (C=O) groups is 1. The largest absolute Gasteiger partial charge is 0.327 e. The minimum absolute atomic E-state index is 0.102. The summed E-state index contributed by atoms with van der Waals surface area (Å²) >= 11 is 6.12. The van der Waals surface area contributed by atoms with E-state index in [-0.39, 0.29) is 30.4 Å². The first-order valence-electron chi connectivity index (χ1n) is 9.05. The van der Waals surface area contributed by atoms with Crippen LogP contribution in [0, 0.1) is 6.92 Å². The van der Waals surface area contributed by atoms with Crippen molar-refractivity contribution in [2.75, 3.05) is 0 Å².